The predicted molar refractivity (Wildman–Crippen MR) is 514 cm³/mol. The lowest BCUT2D eigenvalue weighted by Gasteiger charge is -2.08. The summed E-state index contributed by atoms with van der Waals surface area (Å²) in [6.07, 6.45) is 0. The van der Waals surface area contributed by atoms with Gasteiger partial charge in [0.2, 0.25) is 0 Å². The number of furan rings is 3. The van der Waals surface area contributed by atoms with Gasteiger partial charge in [0.1, 0.15) is 135 Å². The molecular weight excluding hydrogens is 1920 g/mol. The molecule has 25 nitrogen and oxygen atoms in total. The average molecular weight is 2000 g/mol. The zero-order valence-electron chi connectivity index (χ0n) is 72.4. The van der Waals surface area contributed by atoms with Crippen LogP contribution in [0.3, 0.4) is 0 Å². The number of hydrogen-bond acceptors (Lipinski definition) is 25. The third kappa shape index (κ3) is 23.7. The largest absolute Gasteiger partial charge is 0.508 e. The summed E-state index contributed by atoms with van der Waals surface area (Å²) in [4.78, 5) is 0. The second-order valence-corrected chi connectivity index (χ2v) is 29.9. The summed E-state index contributed by atoms with van der Waals surface area (Å²) < 4.78 is 76.8. The minimum Gasteiger partial charge on any atom is -0.508 e. The van der Waals surface area contributed by atoms with Gasteiger partial charge in [-0.05, 0) is 211 Å². The van der Waals surface area contributed by atoms with Crippen LogP contribution in [0.25, 0.3) is 89.1 Å². The van der Waals surface area contributed by atoms with Gasteiger partial charge in [0.15, 0.2) is 28.2 Å². The van der Waals surface area contributed by atoms with Crippen molar-refractivity contribution in [2.45, 2.75) is 0 Å². The Balaban J connectivity index is 0.000000163. The number of halogens is 3. The molecule has 0 saturated heterocycles. The van der Waals surface area contributed by atoms with Crippen LogP contribution in [0.1, 0.15) is 50.1 Å². The monoisotopic (exact) mass is 2000 g/mol. The van der Waals surface area contributed by atoms with Crippen molar-refractivity contribution in [1.29, 1.82) is 36.8 Å². The molecule has 4 N–H and O–H groups in total. The van der Waals surface area contributed by atoms with E-state index in [4.69, 9.17) is 86.2 Å². The molecular formula is C104H78Br2IN7O18. The van der Waals surface area contributed by atoms with Gasteiger partial charge in [-0.15, -0.1) is 0 Å². The van der Waals surface area contributed by atoms with E-state index in [1.807, 2.05) is 164 Å². The highest BCUT2D eigenvalue weighted by atomic mass is 127. The lowest BCUT2D eigenvalue weighted by molar-refractivity contribution is 0.399. The van der Waals surface area contributed by atoms with Crippen LogP contribution in [-0.2, 0) is 0 Å². The number of ether oxygens (including phenoxy) is 11. The Morgan fingerprint density at radius 3 is 1.06 bits per heavy atom. The molecule has 16 rings (SSSR count). The zero-order valence-corrected chi connectivity index (χ0v) is 77.8. The lowest BCUT2D eigenvalue weighted by Crippen LogP contribution is -1.94. The molecule has 0 fully saturated rings. The Labute approximate surface area is 790 Å². The van der Waals surface area contributed by atoms with Crippen LogP contribution in [0, 0.1) is 94.7 Å². The molecule has 0 aliphatic heterocycles. The van der Waals surface area contributed by atoms with Gasteiger partial charge in [0.05, 0.1) is 135 Å². The first kappa shape index (κ1) is 97.4. The van der Waals surface area contributed by atoms with Crippen LogP contribution >= 0.6 is 54.5 Å². The maximum Gasteiger partial charge on any atom is 0.153 e. The first-order chi connectivity index (χ1) is 64.0. The van der Waals surface area contributed by atoms with Crippen LogP contribution < -0.4 is 52.1 Å². The average Bonchev–Trinajstić information content (AvgIpc) is 1.61. The van der Waals surface area contributed by atoms with Crippen LogP contribution in [0.4, 0.5) is 0 Å². The molecule has 16 aromatic rings. The fourth-order valence-electron chi connectivity index (χ4n) is 12.9. The number of fused-ring (bicyclic) bond motifs is 3. The third-order valence-electron chi connectivity index (χ3n) is 19.4. The molecule has 0 amide bonds. The predicted octanol–water partition coefficient (Wildman–Crippen LogP) is 23.9. The van der Waals surface area contributed by atoms with Gasteiger partial charge >= 0.3 is 0 Å². The van der Waals surface area contributed by atoms with Crippen LogP contribution in [0.15, 0.2) is 271 Å². The molecule has 0 aliphatic rings. The SMILES string of the molecule is COc1cc(Br)c(O)c(C#N)c1.COc1cc(Br)c(OC)c(C#N)c1.COc1ccc(-c2oc3c(C#N)cc(OC)cc3c2-c2ccccc2)cc1.COc1ccc(-c2oc3c(C#N)cc(OC)cc3c2I)cc1.COc1ccc(C#Cc2cc(OC)cc(C#N)c2OC)cc1.COc1ccc(O)c(C#N)c1.N#Cc1cc(O)cc2c(-c3ccccc3)c(-c3ccc(O)cc3)oc12. The van der Waals surface area contributed by atoms with Crippen LogP contribution in [0.2, 0.25) is 0 Å². The van der Waals surface area contributed by atoms with E-state index in [-0.39, 0.29) is 39.7 Å². The molecule has 0 unspecified atom stereocenters. The number of phenols is 4. The first-order valence-corrected chi connectivity index (χ1v) is 41.7. The first-order valence-electron chi connectivity index (χ1n) is 39.0. The number of nitrogens with zero attached hydrogens (tertiary/aromatic N) is 7. The number of hydrogen-bond donors (Lipinski definition) is 4. The lowest BCUT2D eigenvalue weighted by atomic mass is 9.97. The summed E-state index contributed by atoms with van der Waals surface area (Å²) in [7, 11) is 17.2. The van der Waals surface area contributed by atoms with Crippen LogP contribution in [0.5, 0.6) is 86.2 Å². The second kappa shape index (κ2) is 47.1. The van der Waals surface area contributed by atoms with Gasteiger partial charge in [-0.1, -0.05) is 72.5 Å². The molecule has 28 heteroatoms. The van der Waals surface area contributed by atoms with E-state index >= 15 is 0 Å². The van der Waals surface area contributed by atoms with Crippen LogP contribution in [-0.4, -0.2) is 98.6 Å². The third-order valence-corrected chi connectivity index (χ3v) is 21.6. The van der Waals surface area contributed by atoms with Crippen molar-refractivity contribution in [2.24, 2.45) is 0 Å². The normalized spacial score (nSPS) is 9.90. The van der Waals surface area contributed by atoms with E-state index in [0.29, 0.717) is 116 Å². The Hall–Kier alpha value is -16.8. The van der Waals surface area contributed by atoms with Crippen molar-refractivity contribution in [3.63, 3.8) is 0 Å². The fourth-order valence-corrected chi connectivity index (χ4v) is 14.7. The molecule has 0 bridgehead atoms. The number of aromatic hydroxyl groups is 4. The molecule has 3 aromatic heterocycles. The highest BCUT2D eigenvalue weighted by Crippen LogP contribution is 2.47. The second-order valence-electron chi connectivity index (χ2n) is 27.2. The molecule has 0 spiro atoms. The van der Waals surface area contributed by atoms with E-state index < -0.39 is 0 Å². The summed E-state index contributed by atoms with van der Waals surface area (Å²) in [6.45, 7) is 0. The smallest absolute Gasteiger partial charge is 0.153 e. The Morgan fingerprint density at radius 2 is 0.614 bits per heavy atom. The highest BCUT2D eigenvalue weighted by Gasteiger charge is 2.25. The number of nitriles is 7. The van der Waals surface area contributed by atoms with Gasteiger partial charge in [0.25, 0.3) is 0 Å². The number of rotatable bonds is 16. The molecule has 3 heterocycles. The van der Waals surface area contributed by atoms with Crippen molar-refractivity contribution < 1.29 is 85.8 Å². The fraction of sp³-hybridized carbons (Fsp3) is 0.106. The van der Waals surface area contributed by atoms with Crippen molar-refractivity contribution in [3.8, 4) is 197 Å². The minimum absolute atomic E-state index is 0.0132. The van der Waals surface area contributed by atoms with Crippen molar-refractivity contribution >= 4 is 87.4 Å². The molecule has 132 heavy (non-hydrogen) atoms. The van der Waals surface area contributed by atoms with Crippen molar-refractivity contribution in [3.05, 3.63) is 311 Å². The van der Waals surface area contributed by atoms with E-state index in [0.717, 1.165) is 81.9 Å². The summed E-state index contributed by atoms with van der Waals surface area (Å²) >= 11 is 8.61. The quantitative estimate of drug-likeness (QED) is 0.0515. The molecule has 0 atom stereocenters. The van der Waals surface area contributed by atoms with Gasteiger partial charge in [-0.3, -0.25) is 0 Å². The summed E-state index contributed by atoms with van der Waals surface area (Å²) in [5.41, 5.74) is 11.7. The summed E-state index contributed by atoms with van der Waals surface area (Å²) in [6, 6.07) is 87.8. The van der Waals surface area contributed by atoms with Crippen molar-refractivity contribution in [1.82, 2.24) is 0 Å². The molecule has 0 saturated carbocycles. The van der Waals surface area contributed by atoms with Gasteiger partial charge in [-0.25, -0.2) is 0 Å². The van der Waals surface area contributed by atoms with E-state index in [2.05, 4.69) is 90.6 Å². The number of benzene rings is 13. The molecule has 13 aromatic carbocycles. The Kier molecular flexibility index (Phi) is 34.7. The topological polar surface area (TPSA) is 388 Å². The molecule has 658 valence electrons. The zero-order chi connectivity index (χ0) is 95.1. The van der Waals surface area contributed by atoms with E-state index in [1.165, 1.54) is 52.7 Å². The Bertz CT molecular complexity index is 7190. The number of phenolic OH excluding ortho intramolecular Hbond substituents is 4. The van der Waals surface area contributed by atoms with Gasteiger partial charge in [-0.2, -0.15) is 36.8 Å². The highest BCUT2D eigenvalue weighted by molar-refractivity contribution is 14.1. The summed E-state index contributed by atoms with van der Waals surface area (Å²) in [5, 5.41) is 104. The van der Waals surface area contributed by atoms with Gasteiger partial charge in [0, 0.05) is 92.0 Å². The Morgan fingerprint density at radius 1 is 0.273 bits per heavy atom. The summed E-state index contributed by atoms with van der Waals surface area (Å²) in [5.74, 6) is 15.1. The minimum atomic E-state index is -0.0571. The number of methoxy groups -OCH3 is 11. The standard InChI is InChI=1S/C23H17NO3.C21H13NO3.C18H15NO3.C17H12INO3.C9H8BrNO2.C8H6BrNO2.C8H7NO2/c1-25-18-10-8-16(9-11-18)23-21(15-6-4-3-5-7-15)20-13-19(26-2)12-17(14-24)22(20)27-23;22-12-15-10-17(24)11-18-19(13-4-2-1-3-5-13)21(25-20(15)18)14-6-8-16(23)9-7-14;1-20-16-8-5-13(6-9-16)4-7-14-10-17(21-2)11-15(12-19)18(14)22-3;1-20-12-5-3-10(4-6-12)17-15(18)14-8-13(21-2)7-11(9-19)16(14)22-17;1-12-7-3-6(5-11)9(13-2)8(10)4-7;1-12-6-2-5(4-10)8(11)7(9)3-6;1-11-7-2-3-8(10)6(4-7)5-9/h3-13H,1-2H3;1-11,23-24H;5-6,8-11H,1-3H3;3-8H,1-2H3;3-4H,1-2H3;2-3,11H,1H3;2-4,10H,1H3. The van der Waals surface area contributed by atoms with E-state index in [9.17, 15) is 36.4 Å². The van der Waals surface area contributed by atoms with Crippen molar-refractivity contribution in [2.75, 3.05) is 78.2 Å². The molecule has 0 radical (unpaired) electrons. The maximum absolute atomic E-state index is 10.0. The maximum atomic E-state index is 10.0. The molecule has 0 aliphatic carbocycles. The van der Waals surface area contributed by atoms with E-state index in [1.54, 1.807) is 129 Å². The van der Waals surface area contributed by atoms with Gasteiger partial charge < -0.3 is 85.8 Å².